The van der Waals surface area contributed by atoms with Gasteiger partial charge >= 0.3 is 367 Å². The summed E-state index contributed by atoms with van der Waals surface area (Å²) in [7, 11) is 0. The first-order valence-corrected chi connectivity index (χ1v) is 22.7. The summed E-state index contributed by atoms with van der Waals surface area (Å²) in [5, 5.41) is 19.3. The summed E-state index contributed by atoms with van der Waals surface area (Å²) in [6.45, 7) is 0. The third kappa shape index (κ3) is 5.99. The van der Waals surface area contributed by atoms with Gasteiger partial charge in [-0.3, -0.25) is 0 Å². The fourth-order valence-electron chi connectivity index (χ4n) is 9.28. The minimum atomic E-state index is -0.649. The molecule has 9 aromatic rings. The van der Waals surface area contributed by atoms with Crippen LogP contribution in [0.3, 0.4) is 0 Å². The maximum absolute atomic E-state index is 9.67. The van der Waals surface area contributed by atoms with E-state index in [4.69, 9.17) is 15.0 Å². The molecule has 0 saturated carbocycles. The SMILES string of the molecule is N#Cc1cc(C#N)cc(-c2ccc(-c3cccc4c3C[I-]c3c(-c5nc(-c6ccccc6)nc(-c6ccccc6)n5)cccc3C43c4ccccc4-c4ccccc43)cc2)c1. The number of alkyl halides is 1. The van der Waals surface area contributed by atoms with Gasteiger partial charge in [-0.2, -0.15) is 0 Å². The van der Waals surface area contributed by atoms with Crippen LogP contribution >= 0.6 is 0 Å². The first-order chi connectivity index (χ1) is 30.1. The second kappa shape index (κ2) is 14.9. The van der Waals surface area contributed by atoms with Gasteiger partial charge in [0.15, 0.2) is 0 Å². The number of halogens is 1. The van der Waals surface area contributed by atoms with Gasteiger partial charge in [0.25, 0.3) is 0 Å². The van der Waals surface area contributed by atoms with Gasteiger partial charge in [0.1, 0.15) is 0 Å². The Hall–Kier alpha value is -7.52. The Morgan fingerprint density at radius 3 is 1.46 bits per heavy atom. The van der Waals surface area contributed by atoms with Gasteiger partial charge in [-0.25, -0.2) is 0 Å². The van der Waals surface area contributed by atoms with E-state index in [1.165, 1.54) is 48.1 Å². The average Bonchev–Trinajstić information content (AvgIpc) is 3.54. The number of nitriles is 2. The molecular formula is C55H33IN5-. The van der Waals surface area contributed by atoms with Crippen LogP contribution in [0.5, 0.6) is 0 Å². The minimum absolute atomic E-state index is 0.474. The molecule has 0 fully saturated rings. The van der Waals surface area contributed by atoms with Gasteiger partial charge in [0, 0.05) is 0 Å². The van der Waals surface area contributed by atoms with Gasteiger partial charge in [-0.1, -0.05) is 0 Å². The molecule has 6 heteroatoms. The molecule has 8 aromatic carbocycles. The Labute approximate surface area is 364 Å². The molecular weight excluding hydrogens is 858 g/mol. The fourth-order valence-corrected chi connectivity index (χ4v) is 12.7. The molecule has 1 spiro atoms. The molecule has 1 aromatic heterocycles. The summed E-state index contributed by atoms with van der Waals surface area (Å²) in [6, 6.07) is 70.2. The van der Waals surface area contributed by atoms with E-state index < -0.39 is 26.6 Å². The predicted molar refractivity (Wildman–Crippen MR) is 236 cm³/mol. The normalized spacial score (nSPS) is 13.0. The number of aromatic nitrogens is 3. The molecule has 0 unspecified atom stereocenters. The van der Waals surface area contributed by atoms with E-state index >= 15 is 0 Å². The number of benzene rings is 8. The van der Waals surface area contributed by atoms with E-state index in [2.05, 4.69) is 146 Å². The molecule has 0 N–H and O–H groups in total. The van der Waals surface area contributed by atoms with Crippen molar-refractivity contribution >= 4 is 0 Å². The second-order valence-electron chi connectivity index (χ2n) is 15.2. The van der Waals surface area contributed by atoms with Gasteiger partial charge in [-0.15, -0.1) is 0 Å². The van der Waals surface area contributed by atoms with Gasteiger partial charge in [-0.05, 0) is 0 Å². The van der Waals surface area contributed by atoms with Crippen molar-refractivity contribution in [2.45, 2.75) is 9.84 Å². The van der Waals surface area contributed by atoms with Crippen LogP contribution in [0.4, 0.5) is 0 Å². The van der Waals surface area contributed by atoms with Crippen LogP contribution in [0.1, 0.15) is 38.9 Å². The molecule has 0 saturated heterocycles. The van der Waals surface area contributed by atoms with Crippen LogP contribution in [-0.2, 0) is 9.84 Å². The Morgan fingerprint density at radius 1 is 0.393 bits per heavy atom. The van der Waals surface area contributed by atoms with Crippen LogP contribution < -0.4 is 21.2 Å². The fraction of sp³-hybridized carbons (Fsp3) is 0.0364. The van der Waals surface area contributed by atoms with E-state index in [0.29, 0.717) is 28.6 Å². The number of rotatable bonds is 5. The van der Waals surface area contributed by atoms with E-state index in [-0.39, 0.29) is 0 Å². The number of hydrogen-bond donors (Lipinski definition) is 0. The number of fused-ring (bicyclic) bond motifs is 9. The molecule has 0 amide bonds. The number of nitrogens with zero attached hydrogens (tertiary/aromatic N) is 5. The molecule has 61 heavy (non-hydrogen) atoms. The zero-order valence-electron chi connectivity index (χ0n) is 32.7. The summed E-state index contributed by atoms with van der Waals surface area (Å²) in [5.74, 6) is 1.98. The van der Waals surface area contributed by atoms with Crippen LogP contribution in [0.15, 0.2) is 188 Å². The van der Waals surface area contributed by atoms with Crippen LogP contribution in [0.25, 0.3) is 67.5 Å². The van der Waals surface area contributed by atoms with Crippen LogP contribution in [0, 0.1) is 26.2 Å². The molecule has 2 heterocycles. The van der Waals surface area contributed by atoms with Gasteiger partial charge < -0.3 is 0 Å². The van der Waals surface area contributed by atoms with Crippen LogP contribution in [0.2, 0.25) is 0 Å². The monoisotopic (exact) mass is 890 g/mol. The van der Waals surface area contributed by atoms with Crippen molar-refractivity contribution in [3.05, 3.63) is 231 Å². The molecule has 286 valence electrons. The van der Waals surface area contributed by atoms with Crippen molar-refractivity contribution in [2.75, 3.05) is 0 Å². The van der Waals surface area contributed by atoms with E-state index in [9.17, 15) is 10.5 Å². The summed E-state index contributed by atoms with van der Waals surface area (Å²) >= 11 is -0.649. The molecule has 2 aliphatic rings. The molecule has 11 rings (SSSR count). The van der Waals surface area contributed by atoms with Crippen LogP contribution in [-0.4, -0.2) is 15.0 Å². The van der Waals surface area contributed by atoms with Crippen molar-refractivity contribution in [1.29, 1.82) is 10.5 Å². The predicted octanol–water partition coefficient (Wildman–Crippen LogP) is 9.09. The van der Waals surface area contributed by atoms with E-state index in [1.54, 1.807) is 6.07 Å². The van der Waals surface area contributed by atoms with Crippen molar-refractivity contribution < 1.29 is 21.2 Å². The third-order valence-corrected chi connectivity index (χ3v) is 15.0. The summed E-state index contributed by atoms with van der Waals surface area (Å²) in [6.07, 6.45) is 0. The molecule has 1 aliphatic carbocycles. The third-order valence-electron chi connectivity index (χ3n) is 11.9. The van der Waals surface area contributed by atoms with Gasteiger partial charge in [0.05, 0.1) is 0 Å². The summed E-state index contributed by atoms with van der Waals surface area (Å²) < 4.78 is 2.24. The Kier molecular flexibility index (Phi) is 8.95. The van der Waals surface area contributed by atoms with Crippen molar-refractivity contribution in [3.63, 3.8) is 0 Å². The Morgan fingerprint density at radius 2 is 0.869 bits per heavy atom. The molecule has 0 radical (unpaired) electrons. The zero-order chi connectivity index (χ0) is 40.9. The van der Waals surface area contributed by atoms with Crippen molar-refractivity contribution in [3.8, 4) is 79.7 Å². The first-order valence-electron chi connectivity index (χ1n) is 20.1. The average molecular weight is 891 g/mol. The Bertz CT molecular complexity index is 3140. The second-order valence-corrected chi connectivity index (χ2v) is 17.8. The van der Waals surface area contributed by atoms with E-state index in [0.717, 1.165) is 37.8 Å². The molecule has 5 nitrogen and oxygen atoms in total. The quantitative estimate of drug-likeness (QED) is 0.127. The van der Waals surface area contributed by atoms with E-state index in [1.807, 2.05) is 48.5 Å². The van der Waals surface area contributed by atoms with Crippen molar-refractivity contribution in [2.24, 2.45) is 0 Å². The summed E-state index contributed by atoms with van der Waals surface area (Å²) in [5.41, 5.74) is 16.5. The molecule has 1 aliphatic heterocycles. The van der Waals surface area contributed by atoms with Gasteiger partial charge in [0.2, 0.25) is 0 Å². The zero-order valence-corrected chi connectivity index (χ0v) is 34.9. The maximum atomic E-state index is 9.67. The Balaban J connectivity index is 1.14. The summed E-state index contributed by atoms with van der Waals surface area (Å²) in [4.78, 5) is 15.6. The standard InChI is InChI=1S/C55H33IN5/c57-33-35-29-36(34-58)31-41(30-35)37-25-27-38(28-26-37)42-19-11-23-49-46(42)32-56-51-45(54-60-52(39-13-3-1-4-14-39)59-53(61-54)40-15-5-2-6-16-40)20-12-24-50(51)55(49)47-21-9-7-17-43(47)44-18-8-10-22-48(44)55/h1-31H,32H2/q-1. The molecule has 0 bridgehead atoms. The topological polar surface area (TPSA) is 86.2 Å². The van der Waals surface area contributed by atoms with Crippen molar-refractivity contribution in [1.82, 2.24) is 15.0 Å². The number of hydrogen-bond acceptors (Lipinski definition) is 5. The molecule has 0 atom stereocenters. The first kappa shape index (κ1) is 36.6.